The highest BCUT2D eigenvalue weighted by Gasteiger charge is 2.00. The third kappa shape index (κ3) is 2.50. The molecule has 0 unspecified atom stereocenters. The van der Waals surface area contributed by atoms with Gasteiger partial charge in [0.2, 0.25) is 0 Å². The molecule has 2 nitrogen and oxygen atoms in total. The number of hydrogen-bond acceptors (Lipinski definition) is 2. The van der Waals surface area contributed by atoms with Crippen molar-refractivity contribution in [1.82, 2.24) is 10.6 Å². The maximum atomic E-state index is 3.29. The van der Waals surface area contributed by atoms with Gasteiger partial charge in [0.15, 0.2) is 0 Å². The Morgan fingerprint density at radius 1 is 1.70 bits per heavy atom. The molecule has 0 radical (unpaired) electrons. The summed E-state index contributed by atoms with van der Waals surface area (Å²) in [5.41, 5.74) is 1.60. The average Bonchev–Trinajstić information content (AvgIpc) is 2.03. The fraction of sp³-hybridized carbons (Fsp3) is 0.750. The monoisotopic (exact) mass is 140 g/mol. The van der Waals surface area contributed by atoms with E-state index in [2.05, 4.69) is 16.7 Å². The van der Waals surface area contributed by atoms with Crippen LogP contribution in [0.5, 0.6) is 0 Å². The zero-order chi connectivity index (χ0) is 7.23. The van der Waals surface area contributed by atoms with Gasteiger partial charge in [0, 0.05) is 6.54 Å². The second-order valence-electron chi connectivity index (χ2n) is 2.67. The number of rotatable bonds is 3. The maximum absolute atomic E-state index is 3.29. The van der Waals surface area contributed by atoms with Crippen LogP contribution < -0.4 is 10.6 Å². The Labute approximate surface area is 62.7 Å². The van der Waals surface area contributed by atoms with Gasteiger partial charge in [-0.2, -0.15) is 0 Å². The molecule has 0 aliphatic carbocycles. The summed E-state index contributed by atoms with van der Waals surface area (Å²) in [6.45, 7) is 3.35. The lowest BCUT2D eigenvalue weighted by molar-refractivity contribution is 0.664. The van der Waals surface area contributed by atoms with Crippen LogP contribution in [0.15, 0.2) is 11.6 Å². The first-order chi connectivity index (χ1) is 4.93. The largest absolute Gasteiger partial charge is 0.319 e. The SMILES string of the molecule is CNCCC1=CCNCC1. The average molecular weight is 140 g/mol. The van der Waals surface area contributed by atoms with E-state index >= 15 is 0 Å². The predicted molar refractivity (Wildman–Crippen MR) is 44.1 cm³/mol. The molecule has 0 spiro atoms. The van der Waals surface area contributed by atoms with Crippen LogP contribution in [0.4, 0.5) is 0 Å². The molecular weight excluding hydrogens is 124 g/mol. The first kappa shape index (κ1) is 7.76. The highest BCUT2D eigenvalue weighted by molar-refractivity contribution is 5.06. The van der Waals surface area contributed by atoms with Crippen molar-refractivity contribution in [2.75, 3.05) is 26.7 Å². The minimum absolute atomic E-state index is 1.07. The lowest BCUT2D eigenvalue weighted by Crippen LogP contribution is -2.21. The van der Waals surface area contributed by atoms with Crippen molar-refractivity contribution in [1.29, 1.82) is 0 Å². The van der Waals surface area contributed by atoms with Crippen LogP contribution in [0.3, 0.4) is 0 Å². The van der Waals surface area contributed by atoms with E-state index in [1.54, 1.807) is 5.57 Å². The molecule has 0 saturated heterocycles. The topological polar surface area (TPSA) is 24.1 Å². The van der Waals surface area contributed by atoms with E-state index < -0.39 is 0 Å². The van der Waals surface area contributed by atoms with Crippen LogP contribution in [-0.2, 0) is 0 Å². The number of hydrogen-bond donors (Lipinski definition) is 2. The summed E-state index contributed by atoms with van der Waals surface area (Å²) in [5.74, 6) is 0. The van der Waals surface area contributed by atoms with Crippen LogP contribution in [0.1, 0.15) is 12.8 Å². The molecule has 0 aromatic heterocycles. The Morgan fingerprint density at radius 2 is 2.60 bits per heavy atom. The van der Waals surface area contributed by atoms with Gasteiger partial charge < -0.3 is 10.6 Å². The third-order valence-corrected chi connectivity index (χ3v) is 1.85. The normalized spacial score (nSPS) is 18.7. The molecule has 2 N–H and O–H groups in total. The molecule has 2 heteroatoms. The van der Waals surface area contributed by atoms with E-state index in [0.717, 1.165) is 19.6 Å². The van der Waals surface area contributed by atoms with Gasteiger partial charge in [0.05, 0.1) is 0 Å². The maximum Gasteiger partial charge on any atom is 0.0137 e. The first-order valence-corrected chi connectivity index (χ1v) is 3.96. The molecule has 1 aliphatic rings. The van der Waals surface area contributed by atoms with Crippen LogP contribution in [0.2, 0.25) is 0 Å². The molecule has 0 atom stereocenters. The quantitative estimate of drug-likeness (QED) is 0.558. The minimum Gasteiger partial charge on any atom is -0.319 e. The lowest BCUT2D eigenvalue weighted by atomic mass is 10.1. The summed E-state index contributed by atoms with van der Waals surface area (Å²) in [7, 11) is 2.00. The van der Waals surface area contributed by atoms with Crippen LogP contribution in [0.25, 0.3) is 0 Å². The van der Waals surface area contributed by atoms with Gasteiger partial charge in [0.1, 0.15) is 0 Å². The predicted octanol–water partition coefficient (Wildman–Crippen LogP) is 0.516. The molecule has 0 aromatic carbocycles. The highest BCUT2D eigenvalue weighted by Crippen LogP contribution is 2.07. The van der Waals surface area contributed by atoms with Gasteiger partial charge in [-0.3, -0.25) is 0 Å². The summed E-state index contributed by atoms with van der Waals surface area (Å²) in [6.07, 6.45) is 4.76. The summed E-state index contributed by atoms with van der Waals surface area (Å²) in [6, 6.07) is 0. The molecule has 10 heavy (non-hydrogen) atoms. The Balaban J connectivity index is 2.18. The molecule has 58 valence electrons. The number of nitrogens with one attached hydrogen (secondary N) is 2. The Morgan fingerprint density at radius 3 is 3.20 bits per heavy atom. The minimum atomic E-state index is 1.07. The summed E-state index contributed by atoms with van der Waals surface area (Å²) >= 11 is 0. The Hall–Kier alpha value is -0.340. The smallest absolute Gasteiger partial charge is 0.0137 e. The summed E-state index contributed by atoms with van der Waals surface area (Å²) < 4.78 is 0. The fourth-order valence-corrected chi connectivity index (χ4v) is 1.18. The zero-order valence-corrected chi connectivity index (χ0v) is 6.61. The van der Waals surface area contributed by atoms with E-state index in [9.17, 15) is 0 Å². The molecule has 0 bridgehead atoms. The van der Waals surface area contributed by atoms with Gasteiger partial charge in [0.25, 0.3) is 0 Å². The van der Waals surface area contributed by atoms with Crippen molar-refractivity contribution in [2.45, 2.75) is 12.8 Å². The van der Waals surface area contributed by atoms with Gasteiger partial charge in [-0.05, 0) is 33.0 Å². The van der Waals surface area contributed by atoms with Gasteiger partial charge >= 0.3 is 0 Å². The molecule has 0 saturated carbocycles. The van der Waals surface area contributed by atoms with Crippen molar-refractivity contribution in [3.8, 4) is 0 Å². The Kier molecular flexibility index (Phi) is 3.47. The van der Waals surface area contributed by atoms with Crippen molar-refractivity contribution in [3.63, 3.8) is 0 Å². The zero-order valence-electron chi connectivity index (χ0n) is 6.61. The van der Waals surface area contributed by atoms with Crippen LogP contribution in [-0.4, -0.2) is 26.7 Å². The van der Waals surface area contributed by atoms with Crippen molar-refractivity contribution >= 4 is 0 Å². The summed E-state index contributed by atoms with van der Waals surface area (Å²) in [5, 5.41) is 6.45. The molecular formula is C8H16N2. The van der Waals surface area contributed by atoms with E-state index in [-0.39, 0.29) is 0 Å². The van der Waals surface area contributed by atoms with E-state index in [4.69, 9.17) is 0 Å². The summed E-state index contributed by atoms with van der Waals surface area (Å²) in [4.78, 5) is 0. The van der Waals surface area contributed by atoms with Crippen molar-refractivity contribution < 1.29 is 0 Å². The molecule has 1 heterocycles. The Bertz CT molecular complexity index is 118. The molecule has 0 aromatic rings. The molecule has 0 fully saturated rings. The second-order valence-corrected chi connectivity index (χ2v) is 2.67. The van der Waals surface area contributed by atoms with Gasteiger partial charge in [-0.1, -0.05) is 11.6 Å². The van der Waals surface area contributed by atoms with Crippen molar-refractivity contribution in [2.24, 2.45) is 0 Å². The van der Waals surface area contributed by atoms with E-state index in [0.29, 0.717) is 0 Å². The second kappa shape index (κ2) is 4.47. The van der Waals surface area contributed by atoms with Crippen LogP contribution >= 0.6 is 0 Å². The fourth-order valence-electron chi connectivity index (χ4n) is 1.18. The molecule has 1 rings (SSSR count). The first-order valence-electron chi connectivity index (χ1n) is 3.96. The molecule has 0 amide bonds. The lowest BCUT2D eigenvalue weighted by Gasteiger charge is -2.13. The van der Waals surface area contributed by atoms with Crippen LogP contribution in [0, 0.1) is 0 Å². The standard InChI is InChI=1S/C8H16N2/c1-9-5-2-8-3-6-10-7-4-8/h3,9-10H,2,4-7H2,1H3. The van der Waals surface area contributed by atoms with Gasteiger partial charge in [-0.15, -0.1) is 0 Å². The van der Waals surface area contributed by atoms with Gasteiger partial charge in [-0.25, -0.2) is 0 Å². The van der Waals surface area contributed by atoms with E-state index in [1.807, 2.05) is 7.05 Å². The third-order valence-electron chi connectivity index (χ3n) is 1.85. The van der Waals surface area contributed by atoms with E-state index in [1.165, 1.54) is 12.8 Å². The highest BCUT2D eigenvalue weighted by atomic mass is 14.9. The molecule has 1 aliphatic heterocycles. The van der Waals surface area contributed by atoms with Crippen molar-refractivity contribution in [3.05, 3.63) is 11.6 Å².